The second-order valence-electron chi connectivity index (χ2n) is 3.60. The van der Waals surface area contributed by atoms with Gasteiger partial charge < -0.3 is 9.84 Å². The summed E-state index contributed by atoms with van der Waals surface area (Å²) in [7, 11) is 1.69. The number of nitrogens with zero attached hydrogens (tertiary/aromatic N) is 4. The standard InChI is InChI=1S/C8H14N4O2/c1-12-10-7(9-11-12)8(13)3-2-5-14-6-4-8/h13H,2-6H2,1H3. The van der Waals surface area contributed by atoms with Crippen molar-refractivity contribution in [2.75, 3.05) is 13.2 Å². The first-order valence-electron chi connectivity index (χ1n) is 4.75. The highest BCUT2D eigenvalue weighted by Crippen LogP contribution is 2.28. The highest BCUT2D eigenvalue weighted by molar-refractivity contribution is 4.98. The van der Waals surface area contributed by atoms with E-state index in [9.17, 15) is 5.11 Å². The van der Waals surface area contributed by atoms with E-state index in [1.807, 2.05) is 0 Å². The van der Waals surface area contributed by atoms with Gasteiger partial charge in [-0.1, -0.05) is 0 Å². The van der Waals surface area contributed by atoms with Crippen LogP contribution in [0.3, 0.4) is 0 Å². The van der Waals surface area contributed by atoms with Crippen LogP contribution in [0.5, 0.6) is 0 Å². The number of hydrogen-bond acceptors (Lipinski definition) is 5. The van der Waals surface area contributed by atoms with Gasteiger partial charge in [0.1, 0.15) is 5.60 Å². The van der Waals surface area contributed by atoms with Crippen LogP contribution in [0.4, 0.5) is 0 Å². The lowest BCUT2D eigenvalue weighted by atomic mass is 9.94. The number of hydrogen-bond donors (Lipinski definition) is 1. The van der Waals surface area contributed by atoms with Gasteiger partial charge in [0.2, 0.25) is 5.82 Å². The Bertz CT molecular complexity index is 304. The molecule has 0 aliphatic carbocycles. The Morgan fingerprint density at radius 3 is 3.00 bits per heavy atom. The summed E-state index contributed by atoms with van der Waals surface area (Å²) < 4.78 is 5.28. The molecule has 1 saturated heterocycles. The largest absolute Gasteiger partial charge is 0.382 e. The average Bonchev–Trinajstić information content (AvgIpc) is 2.47. The maximum Gasteiger partial charge on any atom is 0.206 e. The molecule has 1 N–H and O–H groups in total. The minimum absolute atomic E-state index is 0.408. The van der Waals surface area contributed by atoms with Crippen LogP contribution < -0.4 is 0 Å². The molecule has 1 aromatic heterocycles. The predicted octanol–water partition coefficient (Wildman–Crippen LogP) is -0.402. The zero-order valence-corrected chi connectivity index (χ0v) is 8.18. The second-order valence-corrected chi connectivity index (χ2v) is 3.60. The molecule has 1 unspecified atom stereocenters. The quantitative estimate of drug-likeness (QED) is 0.664. The van der Waals surface area contributed by atoms with E-state index in [1.54, 1.807) is 7.05 Å². The molecule has 1 fully saturated rings. The summed E-state index contributed by atoms with van der Waals surface area (Å²) in [6.07, 6.45) is 2.01. The molecule has 6 heteroatoms. The summed E-state index contributed by atoms with van der Waals surface area (Å²) in [4.78, 5) is 1.36. The summed E-state index contributed by atoms with van der Waals surface area (Å²) in [6, 6.07) is 0. The Balaban J connectivity index is 2.20. The zero-order chi connectivity index (χ0) is 10.0. The Morgan fingerprint density at radius 1 is 1.43 bits per heavy atom. The zero-order valence-electron chi connectivity index (χ0n) is 8.18. The molecule has 1 atom stereocenters. The fourth-order valence-electron chi connectivity index (χ4n) is 1.63. The van der Waals surface area contributed by atoms with Crippen LogP contribution >= 0.6 is 0 Å². The van der Waals surface area contributed by atoms with E-state index >= 15 is 0 Å². The average molecular weight is 198 g/mol. The van der Waals surface area contributed by atoms with Crippen LogP contribution in [0.25, 0.3) is 0 Å². The van der Waals surface area contributed by atoms with Gasteiger partial charge in [0.15, 0.2) is 0 Å². The summed E-state index contributed by atoms with van der Waals surface area (Å²) in [6.45, 7) is 1.25. The number of tetrazole rings is 1. The Labute approximate surface area is 81.9 Å². The molecule has 0 radical (unpaired) electrons. The Kier molecular flexibility index (Phi) is 2.47. The van der Waals surface area contributed by atoms with Gasteiger partial charge in [-0.25, -0.2) is 0 Å². The smallest absolute Gasteiger partial charge is 0.206 e. The van der Waals surface area contributed by atoms with Gasteiger partial charge in [-0.05, 0) is 18.1 Å². The molecule has 1 aromatic rings. The monoisotopic (exact) mass is 198 g/mol. The summed E-state index contributed by atoms with van der Waals surface area (Å²) in [5, 5.41) is 21.9. The van der Waals surface area contributed by atoms with Gasteiger partial charge in [0.25, 0.3) is 0 Å². The van der Waals surface area contributed by atoms with E-state index in [4.69, 9.17) is 4.74 Å². The molecular weight excluding hydrogens is 184 g/mol. The normalized spacial score (nSPS) is 28.7. The van der Waals surface area contributed by atoms with Crippen molar-refractivity contribution in [3.63, 3.8) is 0 Å². The molecule has 0 saturated carbocycles. The van der Waals surface area contributed by atoms with Crippen LogP contribution in [-0.4, -0.2) is 38.5 Å². The first kappa shape index (κ1) is 9.54. The van der Waals surface area contributed by atoms with Gasteiger partial charge in [-0.3, -0.25) is 0 Å². The van der Waals surface area contributed by atoms with Crippen LogP contribution in [0.15, 0.2) is 0 Å². The van der Waals surface area contributed by atoms with Gasteiger partial charge in [0.05, 0.1) is 7.05 Å². The van der Waals surface area contributed by atoms with E-state index in [2.05, 4.69) is 15.4 Å². The maximum absolute atomic E-state index is 10.3. The van der Waals surface area contributed by atoms with E-state index in [-0.39, 0.29) is 0 Å². The van der Waals surface area contributed by atoms with Crippen LogP contribution in [0, 0.1) is 0 Å². The van der Waals surface area contributed by atoms with Crippen molar-refractivity contribution in [2.45, 2.75) is 24.9 Å². The van der Waals surface area contributed by atoms with Crippen LogP contribution in [0.2, 0.25) is 0 Å². The van der Waals surface area contributed by atoms with Crippen molar-refractivity contribution < 1.29 is 9.84 Å². The highest BCUT2D eigenvalue weighted by atomic mass is 16.5. The third kappa shape index (κ3) is 1.76. The van der Waals surface area contributed by atoms with Crippen molar-refractivity contribution in [3.8, 4) is 0 Å². The van der Waals surface area contributed by atoms with Gasteiger partial charge >= 0.3 is 0 Å². The molecule has 6 nitrogen and oxygen atoms in total. The molecular formula is C8H14N4O2. The molecule has 0 spiro atoms. The van der Waals surface area contributed by atoms with E-state index in [0.29, 0.717) is 31.9 Å². The lowest BCUT2D eigenvalue weighted by molar-refractivity contribution is 0.00589. The molecule has 14 heavy (non-hydrogen) atoms. The summed E-state index contributed by atoms with van der Waals surface area (Å²) in [5.74, 6) is 0.408. The fraction of sp³-hybridized carbons (Fsp3) is 0.875. The van der Waals surface area contributed by atoms with Crippen molar-refractivity contribution >= 4 is 0 Å². The molecule has 78 valence electrons. The maximum atomic E-state index is 10.3. The van der Waals surface area contributed by atoms with Crippen molar-refractivity contribution in [1.29, 1.82) is 0 Å². The third-order valence-electron chi connectivity index (χ3n) is 2.46. The van der Waals surface area contributed by atoms with E-state index < -0.39 is 5.60 Å². The number of aromatic nitrogens is 4. The molecule has 0 bridgehead atoms. The molecule has 1 aliphatic heterocycles. The SMILES string of the molecule is Cn1nnc(C2(O)CCCOCC2)n1. The van der Waals surface area contributed by atoms with Crippen molar-refractivity contribution in [3.05, 3.63) is 5.82 Å². The number of aliphatic hydroxyl groups is 1. The summed E-state index contributed by atoms with van der Waals surface area (Å²) >= 11 is 0. The summed E-state index contributed by atoms with van der Waals surface area (Å²) in [5.41, 5.74) is -0.954. The Morgan fingerprint density at radius 2 is 2.29 bits per heavy atom. The second kappa shape index (κ2) is 3.62. The number of aryl methyl sites for hydroxylation is 1. The third-order valence-corrected chi connectivity index (χ3v) is 2.46. The van der Waals surface area contributed by atoms with Gasteiger partial charge in [-0.2, -0.15) is 4.80 Å². The number of ether oxygens (including phenoxy) is 1. The van der Waals surface area contributed by atoms with Gasteiger partial charge in [-0.15, -0.1) is 10.2 Å². The lowest BCUT2D eigenvalue weighted by Gasteiger charge is -2.21. The first-order chi connectivity index (χ1) is 6.71. The minimum atomic E-state index is -0.954. The van der Waals surface area contributed by atoms with Crippen LogP contribution in [0.1, 0.15) is 25.1 Å². The van der Waals surface area contributed by atoms with E-state index in [0.717, 1.165) is 6.42 Å². The molecule has 0 aromatic carbocycles. The molecule has 2 rings (SSSR count). The minimum Gasteiger partial charge on any atom is -0.382 e. The van der Waals surface area contributed by atoms with E-state index in [1.165, 1.54) is 4.80 Å². The van der Waals surface area contributed by atoms with Gasteiger partial charge in [0, 0.05) is 19.6 Å². The first-order valence-corrected chi connectivity index (χ1v) is 4.75. The van der Waals surface area contributed by atoms with Crippen molar-refractivity contribution in [1.82, 2.24) is 20.2 Å². The fourth-order valence-corrected chi connectivity index (χ4v) is 1.63. The topological polar surface area (TPSA) is 73.1 Å². The number of rotatable bonds is 1. The Hall–Kier alpha value is -1.01. The molecule has 1 aliphatic rings. The van der Waals surface area contributed by atoms with Crippen molar-refractivity contribution in [2.24, 2.45) is 7.05 Å². The lowest BCUT2D eigenvalue weighted by Crippen LogP contribution is -2.27. The predicted molar refractivity (Wildman–Crippen MR) is 47.4 cm³/mol. The molecule has 2 heterocycles. The highest BCUT2D eigenvalue weighted by Gasteiger charge is 2.34. The van der Waals surface area contributed by atoms with Crippen LogP contribution in [-0.2, 0) is 17.4 Å². The molecule has 0 amide bonds.